The summed E-state index contributed by atoms with van der Waals surface area (Å²) in [6, 6.07) is 11.1. The van der Waals surface area contributed by atoms with E-state index in [1.807, 2.05) is 0 Å². The molecule has 2 rings (SSSR count). The molecule has 0 spiro atoms. The molecule has 0 unspecified atom stereocenters. The first-order chi connectivity index (χ1) is 9.29. The van der Waals surface area contributed by atoms with Gasteiger partial charge in [0.25, 0.3) is 0 Å². The van der Waals surface area contributed by atoms with E-state index in [1.54, 1.807) is 0 Å². The number of benzene rings is 1. The first-order valence-corrected chi connectivity index (χ1v) is 12.6. The molecule has 0 radical (unpaired) electrons. The van der Waals surface area contributed by atoms with E-state index < -0.39 is 8.07 Å². The van der Waals surface area contributed by atoms with Crippen LogP contribution in [0.3, 0.4) is 0 Å². The highest BCUT2D eigenvalue weighted by Crippen LogP contribution is 2.57. The molecule has 1 aromatic carbocycles. The summed E-state index contributed by atoms with van der Waals surface area (Å²) in [6.07, 6.45) is 2.61. The van der Waals surface area contributed by atoms with E-state index in [1.165, 1.54) is 29.9 Å². The van der Waals surface area contributed by atoms with Gasteiger partial charge < -0.3 is 0 Å². The third-order valence-electron chi connectivity index (χ3n) is 5.07. The number of hydrogen-bond acceptors (Lipinski definition) is 2. The van der Waals surface area contributed by atoms with E-state index in [4.69, 9.17) is 0 Å². The molecule has 3 heteroatoms. The van der Waals surface area contributed by atoms with Crippen molar-refractivity contribution in [2.45, 2.75) is 55.4 Å². The number of hydrogen-bond donors (Lipinski definition) is 0. The first kappa shape index (κ1) is 16.5. The first-order valence-electron chi connectivity index (χ1n) is 7.60. The number of rotatable bonds is 3. The lowest BCUT2D eigenvalue weighted by atomic mass is 10.2. The van der Waals surface area contributed by atoms with Crippen molar-refractivity contribution in [2.24, 2.45) is 0 Å². The van der Waals surface area contributed by atoms with Crippen LogP contribution in [0.1, 0.15) is 32.8 Å². The maximum atomic E-state index is 2.61. The van der Waals surface area contributed by atoms with Crippen molar-refractivity contribution < 1.29 is 0 Å². The van der Waals surface area contributed by atoms with Crippen LogP contribution in [0.5, 0.6) is 0 Å². The molecule has 0 saturated carbocycles. The van der Waals surface area contributed by atoms with Crippen molar-refractivity contribution in [1.29, 1.82) is 0 Å². The smallest absolute Gasteiger partial charge is 0.0839 e. The molecule has 1 aliphatic heterocycles. The fourth-order valence-electron chi connectivity index (χ4n) is 2.69. The Balaban J connectivity index is 2.36. The second kappa shape index (κ2) is 6.10. The lowest BCUT2D eigenvalue weighted by molar-refractivity contribution is 0.699. The van der Waals surface area contributed by atoms with Gasteiger partial charge in [0.05, 0.1) is 11.8 Å². The van der Waals surface area contributed by atoms with Gasteiger partial charge in [0.2, 0.25) is 0 Å². The summed E-state index contributed by atoms with van der Waals surface area (Å²) < 4.78 is 0.435. The second-order valence-corrected chi connectivity index (χ2v) is 16.7. The average molecular weight is 325 g/mol. The summed E-state index contributed by atoms with van der Waals surface area (Å²) in [6.45, 7) is 12.6. The van der Waals surface area contributed by atoms with Gasteiger partial charge in [-0.05, 0) is 34.9 Å². The van der Waals surface area contributed by atoms with E-state index >= 15 is 0 Å². The molecule has 0 aromatic heterocycles. The van der Waals surface area contributed by atoms with Gasteiger partial charge in [-0.15, -0.1) is 23.5 Å². The van der Waals surface area contributed by atoms with Crippen LogP contribution in [0.4, 0.5) is 0 Å². The Morgan fingerprint density at radius 2 is 1.60 bits per heavy atom. The Hall–Kier alpha value is 0.137. The van der Waals surface area contributed by atoms with Crippen molar-refractivity contribution in [3.8, 4) is 0 Å². The fraction of sp³-hybridized carbons (Fsp3) is 0.647. The normalized spacial score (nSPS) is 19.9. The minimum absolute atomic E-state index is 0.435. The highest BCUT2D eigenvalue weighted by molar-refractivity contribution is 8.21. The Bertz CT molecular complexity index is 428. The quantitative estimate of drug-likeness (QED) is 0.640. The van der Waals surface area contributed by atoms with Crippen molar-refractivity contribution >= 4 is 31.6 Å². The van der Waals surface area contributed by atoms with Crippen LogP contribution < -0.4 is 0 Å². The van der Waals surface area contributed by atoms with E-state index in [0.29, 0.717) is 8.74 Å². The molecule has 0 N–H and O–H groups in total. The van der Waals surface area contributed by atoms with Crippen LogP contribution in [0.25, 0.3) is 0 Å². The van der Waals surface area contributed by atoms with Gasteiger partial charge in [-0.1, -0.05) is 64.2 Å². The van der Waals surface area contributed by atoms with Crippen LogP contribution in [-0.4, -0.2) is 23.3 Å². The Kier molecular flexibility index (Phi) is 5.03. The predicted molar refractivity (Wildman–Crippen MR) is 99.6 cm³/mol. The summed E-state index contributed by atoms with van der Waals surface area (Å²) in [4.78, 5) is 0. The molecule has 1 heterocycles. The average Bonchev–Trinajstić information content (AvgIpc) is 2.39. The molecule has 0 bridgehead atoms. The molecule has 1 saturated heterocycles. The van der Waals surface area contributed by atoms with Gasteiger partial charge in [-0.3, -0.25) is 0 Å². The maximum Gasteiger partial charge on any atom is 0.0839 e. The van der Waals surface area contributed by atoms with Crippen LogP contribution >= 0.6 is 23.5 Å². The van der Waals surface area contributed by atoms with Crippen LogP contribution in [0.2, 0.25) is 18.1 Å². The van der Waals surface area contributed by atoms with Crippen molar-refractivity contribution in [3.63, 3.8) is 0 Å². The fourth-order valence-corrected chi connectivity index (χ4v) is 12.6. The monoisotopic (exact) mass is 324 g/mol. The van der Waals surface area contributed by atoms with Crippen molar-refractivity contribution in [1.82, 2.24) is 0 Å². The van der Waals surface area contributed by atoms with Crippen molar-refractivity contribution in [3.05, 3.63) is 35.9 Å². The Morgan fingerprint density at radius 3 is 2.10 bits per heavy atom. The van der Waals surface area contributed by atoms with Crippen LogP contribution in [0.15, 0.2) is 30.3 Å². The van der Waals surface area contributed by atoms with Crippen LogP contribution in [0, 0.1) is 0 Å². The summed E-state index contributed by atoms with van der Waals surface area (Å²) in [5.74, 6) is 2.68. The zero-order valence-corrected chi connectivity index (χ0v) is 16.2. The predicted octanol–water partition coefficient (Wildman–Crippen LogP) is 5.84. The molecule has 0 amide bonds. The standard InChI is InChI=1S/C17H28S2Si/c1-16(2,3)20(4,5)17(18-12-9-13-19-17)14-15-10-7-6-8-11-15/h6-8,10-11H,9,12-14H2,1-5H3. The summed E-state index contributed by atoms with van der Waals surface area (Å²) >= 11 is 4.53. The third-order valence-corrected chi connectivity index (χ3v) is 17.7. The molecule has 1 fully saturated rings. The van der Waals surface area contributed by atoms with Gasteiger partial charge >= 0.3 is 0 Å². The SMILES string of the molecule is CC(C)(C)[Si](C)(C)C1(Cc2ccccc2)SCCCS1. The van der Waals surface area contributed by atoms with E-state index in [0.717, 1.165) is 0 Å². The topological polar surface area (TPSA) is 0 Å². The van der Waals surface area contributed by atoms with E-state index in [9.17, 15) is 0 Å². The maximum absolute atomic E-state index is 2.61. The molecule has 20 heavy (non-hydrogen) atoms. The van der Waals surface area contributed by atoms with Gasteiger partial charge in [0, 0.05) is 0 Å². The zero-order valence-electron chi connectivity index (χ0n) is 13.5. The lowest BCUT2D eigenvalue weighted by Gasteiger charge is -2.53. The summed E-state index contributed by atoms with van der Waals surface area (Å²) in [7, 11) is -1.41. The third kappa shape index (κ3) is 3.15. The molecular weight excluding hydrogens is 296 g/mol. The largest absolute Gasteiger partial charge is 0.147 e. The Morgan fingerprint density at radius 1 is 1.05 bits per heavy atom. The summed E-state index contributed by atoms with van der Waals surface area (Å²) in [5, 5.41) is 0.444. The van der Waals surface area contributed by atoms with Gasteiger partial charge in [-0.2, -0.15) is 0 Å². The van der Waals surface area contributed by atoms with Gasteiger partial charge in [0.15, 0.2) is 0 Å². The number of thioether (sulfide) groups is 2. The summed E-state index contributed by atoms with van der Waals surface area (Å²) in [5.41, 5.74) is 1.51. The molecule has 1 aliphatic rings. The van der Waals surface area contributed by atoms with Crippen LogP contribution in [-0.2, 0) is 6.42 Å². The zero-order chi connectivity index (χ0) is 14.9. The highest BCUT2D eigenvalue weighted by atomic mass is 32.2. The molecule has 0 atom stereocenters. The van der Waals surface area contributed by atoms with E-state index in [2.05, 4.69) is 87.7 Å². The Labute approximate surface area is 134 Å². The molecule has 0 nitrogen and oxygen atoms in total. The van der Waals surface area contributed by atoms with Gasteiger partial charge in [0.1, 0.15) is 0 Å². The second-order valence-electron chi connectivity index (χ2n) is 7.34. The molecule has 112 valence electrons. The van der Waals surface area contributed by atoms with E-state index in [-0.39, 0.29) is 0 Å². The molecule has 0 aliphatic carbocycles. The minimum atomic E-state index is -1.41. The highest BCUT2D eigenvalue weighted by Gasteiger charge is 2.54. The minimum Gasteiger partial charge on any atom is -0.147 e. The van der Waals surface area contributed by atoms with Gasteiger partial charge in [-0.25, -0.2) is 0 Å². The molecule has 1 aromatic rings. The molecular formula is C17H28S2Si. The lowest BCUT2D eigenvalue weighted by Crippen LogP contribution is -2.58. The van der Waals surface area contributed by atoms with Crippen molar-refractivity contribution in [2.75, 3.05) is 11.5 Å².